The maximum absolute atomic E-state index is 13.2. The monoisotopic (exact) mass is 472 g/mol. The average Bonchev–Trinajstić information content (AvgIpc) is 3.06. The third-order valence-electron chi connectivity index (χ3n) is 4.71. The quantitative estimate of drug-likeness (QED) is 0.671. The molecule has 154 valence electrons. The molecule has 0 aliphatic carbocycles. The Labute approximate surface area is 183 Å². The predicted molar refractivity (Wildman–Crippen MR) is 112 cm³/mol. The van der Waals surface area contributed by atoms with Crippen LogP contribution in [-0.4, -0.2) is 53.5 Å². The highest BCUT2D eigenvalue weighted by Gasteiger charge is 2.50. The lowest BCUT2D eigenvalue weighted by atomic mass is 10.1. The minimum atomic E-state index is -1.73. The van der Waals surface area contributed by atoms with E-state index in [1.165, 1.54) is 4.31 Å². The number of β-amino-alcohol motifs (C(OH)–C–C–N with tert-alkyl or cyclic N) is 1. The fourth-order valence-corrected chi connectivity index (χ4v) is 6.64. The van der Waals surface area contributed by atoms with Crippen LogP contribution in [0, 0.1) is 11.3 Å². The maximum Gasteiger partial charge on any atom is 0.128 e. The first-order valence-corrected chi connectivity index (χ1v) is 11.7. The van der Waals surface area contributed by atoms with Gasteiger partial charge in [0.15, 0.2) is 0 Å². The molecule has 2 N–H and O–H groups in total. The Morgan fingerprint density at radius 3 is 2.45 bits per heavy atom. The Bertz CT molecular complexity index is 997. The average molecular weight is 473 g/mol. The van der Waals surface area contributed by atoms with Gasteiger partial charge in [-0.3, -0.25) is 4.21 Å². The molecule has 1 saturated heterocycles. The summed E-state index contributed by atoms with van der Waals surface area (Å²) in [6.45, 7) is -0.724. The van der Waals surface area contributed by atoms with Crippen LogP contribution in [-0.2, 0) is 28.2 Å². The summed E-state index contributed by atoms with van der Waals surface area (Å²) in [6.07, 6.45) is 0.0277. The molecule has 4 atom stereocenters. The fraction of sp³-hybridized carbons (Fsp3) is 0.316. The van der Waals surface area contributed by atoms with E-state index >= 15 is 0 Å². The van der Waals surface area contributed by atoms with E-state index in [1.54, 1.807) is 42.5 Å². The number of nitrogens with zero attached hydrogens (tertiary/aromatic N) is 2. The minimum Gasteiger partial charge on any atom is -0.393 e. The largest absolute Gasteiger partial charge is 0.393 e. The van der Waals surface area contributed by atoms with Gasteiger partial charge in [0.1, 0.15) is 16.6 Å². The van der Waals surface area contributed by atoms with Gasteiger partial charge in [-0.05, 0) is 48.0 Å². The summed E-state index contributed by atoms with van der Waals surface area (Å²) < 4.78 is 27.7. The summed E-state index contributed by atoms with van der Waals surface area (Å²) in [5.41, 5.74) is -1.17. The predicted octanol–water partition coefficient (Wildman–Crippen LogP) is 2.30. The molecule has 1 aliphatic heterocycles. The summed E-state index contributed by atoms with van der Waals surface area (Å²) in [4.78, 5) is 0.852. The zero-order valence-corrected chi connectivity index (χ0v) is 18.3. The van der Waals surface area contributed by atoms with Crippen LogP contribution in [0.1, 0.15) is 5.56 Å². The van der Waals surface area contributed by atoms with Crippen LogP contribution in [0.3, 0.4) is 0 Å². The molecule has 0 bridgehead atoms. The van der Waals surface area contributed by atoms with Gasteiger partial charge in [0, 0.05) is 28.0 Å². The van der Waals surface area contributed by atoms with Gasteiger partial charge in [-0.15, -0.1) is 0 Å². The van der Waals surface area contributed by atoms with Gasteiger partial charge in [0.25, 0.3) is 0 Å². The highest BCUT2D eigenvalue weighted by molar-refractivity contribution is 7.86. The zero-order chi connectivity index (χ0) is 21.2. The minimum absolute atomic E-state index is 0.0277. The molecule has 0 radical (unpaired) electrons. The van der Waals surface area contributed by atoms with E-state index in [0.29, 0.717) is 25.4 Å². The van der Waals surface area contributed by atoms with E-state index in [0.717, 1.165) is 0 Å². The lowest BCUT2D eigenvalue weighted by Gasteiger charge is -2.26. The van der Waals surface area contributed by atoms with Gasteiger partial charge in [0.05, 0.1) is 40.0 Å². The van der Waals surface area contributed by atoms with Crippen molar-refractivity contribution in [3.8, 4) is 6.07 Å². The number of benzene rings is 2. The lowest BCUT2D eigenvalue weighted by molar-refractivity contribution is 0.00261. The Balaban J connectivity index is 1.90. The summed E-state index contributed by atoms with van der Waals surface area (Å²) in [5, 5.41) is 29.8. The number of halogens is 2. The number of hydrogen-bond acceptors (Lipinski definition) is 5. The first-order valence-electron chi connectivity index (χ1n) is 8.60. The zero-order valence-electron chi connectivity index (χ0n) is 15.1. The van der Waals surface area contributed by atoms with Crippen LogP contribution >= 0.6 is 23.2 Å². The highest BCUT2D eigenvalue weighted by atomic mass is 35.5. The second kappa shape index (κ2) is 9.23. The number of hydrogen-bond donors (Lipinski definition) is 2. The maximum atomic E-state index is 13.2. The summed E-state index contributed by atoms with van der Waals surface area (Å²) in [5.74, 6) is 0. The molecule has 1 heterocycles. The molecule has 2 aromatic carbocycles. The smallest absolute Gasteiger partial charge is 0.128 e. The molecule has 2 aromatic rings. The molecular formula is C19H18Cl2N2O4S2. The third-order valence-corrected chi connectivity index (χ3v) is 8.56. The lowest BCUT2D eigenvalue weighted by Crippen LogP contribution is -2.47. The molecule has 0 amide bonds. The standard InChI is InChI=1S/C19H18Cl2N2O4S2/c20-14-1-4-16(5-2-14)28(26)18-10-23(11-19(18,25)12-24)29(27)17-6-3-15(21)9-13(17)7-8-22/h1-6,9,18,24-25H,7,10-12H2. The summed E-state index contributed by atoms with van der Waals surface area (Å²) >= 11 is 11.9. The molecule has 0 spiro atoms. The van der Waals surface area contributed by atoms with Crippen molar-refractivity contribution in [3.63, 3.8) is 0 Å². The van der Waals surface area contributed by atoms with Crippen molar-refractivity contribution in [2.75, 3.05) is 19.7 Å². The molecule has 10 heteroatoms. The Kier molecular flexibility index (Phi) is 7.12. The molecule has 1 aliphatic rings. The van der Waals surface area contributed by atoms with E-state index in [9.17, 15) is 18.6 Å². The Morgan fingerprint density at radius 1 is 1.17 bits per heavy atom. The van der Waals surface area contributed by atoms with E-state index in [2.05, 4.69) is 0 Å². The van der Waals surface area contributed by atoms with Crippen molar-refractivity contribution >= 4 is 45.0 Å². The number of nitriles is 1. The Hall–Kier alpha value is -1.31. The van der Waals surface area contributed by atoms with Crippen molar-refractivity contribution in [1.82, 2.24) is 4.31 Å². The second-order valence-corrected chi connectivity index (χ2v) is 10.6. The van der Waals surface area contributed by atoms with E-state index in [4.69, 9.17) is 28.5 Å². The van der Waals surface area contributed by atoms with Gasteiger partial charge >= 0.3 is 0 Å². The van der Waals surface area contributed by atoms with Crippen molar-refractivity contribution in [2.24, 2.45) is 0 Å². The number of rotatable bonds is 6. The number of aliphatic hydroxyl groups excluding tert-OH is 1. The van der Waals surface area contributed by atoms with Crippen LogP contribution in [0.2, 0.25) is 10.0 Å². The van der Waals surface area contributed by atoms with Crippen LogP contribution in [0.25, 0.3) is 0 Å². The molecule has 0 saturated carbocycles. The second-order valence-electron chi connectivity index (χ2n) is 6.66. The Morgan fingerprint density at radius 2 is 1.83 bits per heavy atom. The van der Waals surface area contributed by atoms with Crippen LogP contribution < -0.4 is 0 Å². The molecule has 3 rings (SSSR count). The molecule has 29 heavy (non-hydrogen) atoms. The van der Waals surface area contributed by atoms with Gasteiger partial charge in [-0.1, -0.05) is 23.2 Å². The normalized spacial score (nSPS) is 24.2. The summed E-state index contributed by atoms with van der Waals surface area (Å²) in [7, 11) is -3.39. The van der Waals surface area contributed by atoms with Crippen molar-refractivity contribution in [1.29, 1.82) is 5.26 Å². The van der Waals surface area contributed by atoms with Gasteiger partial charge in [-0.25, -0.2) is 8.51 Å². The molecule has 0 aromatic heterocycles. The highest BCUT2D eigenvalue weighted by Crippen LogP contribution is 2.33. The first kappa shape index (κ1) is 22.4. The first-order chi connectivity index (χ1) is 13.8. The molecule has 4 unspecified atom stereocenters. The van der Waals surface area contributed by atoms with E-state index < -0.39 is 39.2 Å². The van der Waals surface area contributed by atoms with Crippen LogP contribution in [0.5, 0.6) is 0 Å². The number of aliphatic hydroxyl groups is 2. The SMILES string of the molecule is N#CCc1cc(Cl)ccc1S(=O)N1CC(S(=O)c2ccc(Cl)cc2)C(O)(CO)C1. The van der Waals surface area contributed by atoms with E-state index in [1.807, 2.05) is 6.07 Å². The van der Waals surface area contributed by atoms with Crippen molar-refractivity contribution < 1.29 is 18.6 Å². The van der Waals surface area contributed by atoms with Crippen molar-refractivity contribution in [2.45, 2.75) is 27.1 Å². The van der Waals surface area contributed by atoms with Crippen LogP contribution in [0.15, 0.2) is 52.3 Å². The topological polar surface area (TPSA) is 102 Å². The van der Waals surface area contributed by atoms with Gasteiger partial charge < -0.3 is 10.2 Å². The van der Waals surface area contributed by atoms with Gasteiger partial charge in [0.2, 0.25) is 0 Å². The molecular weight excluding hydrogens is 455 g/mol. The molecule has 1 fully saturated rings. The fourth-order valence-electron chi connectivity index (χ4n) is 3.19. The third kappa shape index (κ3) is 4.72. The van der Waals surface area contributed by atoms with E-state index in [-0.39, 0.29) is 19.5 Å². The van der Waals surface area contributed by atoms with Crippen LogP contribution in [0.4, 0.5) is 0 Å². The molecule has 6 nitrogen and oxygen atoms in total. The van der Waals surface area contributed by atoms with Crippen molar-refractivity contribution in [3.05, 3.63) is 58.1 Å². The summed E-state index contributed by atoms with van der Waals surface area (Å²) in [6, 6.07) is 13.1. The van der Waals surface area contributed by atoms with Gasteiger partial charge in [-0.2, -0.15) is 5.26 Å².